The molecule has 0 radical (unpaired) electrons. The molecule has 0 aliphatic rings. The largest absolute Gasteiger partial charge is 0.378 e. The summed E-state index contributed by atoms with van der Waals surface area (Å²) in [6, 6.07) is 5.85. The van der Waals surface area contributed by atoms with Gasteiger partial charge in [0.15, 0.2) is 0 Å². The standard InChI is InChI=1S/C14H18N4O/c1-3-16-13-8-12(10-19-2)17-14(18-13)7-11-5-4-6-15-9-11/h4-6,8-9H,3,7,10H2,1-2H3,(H,16,17,18). The summed E-state index contributed by atoms with van der Waals surface area (Å²) in [6.45, 7) is 3.36. The van der Waals surface area contributed by atoms with Crippen LogP contribution in [0.3, 0.4) is 0 Å². The van der Waals surface area contributed by atoms with E-state index in [-0.39, 0.29) is 0 Å². The van der Waals surface area contributed by atoms with Gasteiger partial charge in [-0.3, -0.25) is 4.98 Å². The number of aromatic nitrogens is 3. The first-order chi connectivity index (χ1) is 9.31. The average Bonchev–Trinajstić information content (AvgIpc) is 2.40. The topological polar surface area (TPSA) is 59.9 Å². The molecule has 0 amide bonds. The highest BCUT2D eigenvalue weighted by Gasteiger charge is 2.05. The Labute approximate surface area is 113 Å². The van der Waals surface area contributed by atoms with Gasteiger partial charge in [-0.05, 0) is 18.6 Å². The predicted octanol–water partition coefficient (Wildman–Crippen LogP) is 2.04. The fourth-order valence-corrected chi connectivity index (χ4v) is 1.81. The van der Waals surface area contributed by atoms with Crippen molar-refractivity contribution in [3.63, 3.8) is 0 Å². The Morgan fingerprint density at radius 2 is 2.21 bits per heavy atom. The van der Waals surface area contributed by atoms with Crippen LogP contribution in [0.15, 0.2) is 30.6 Å². The summed E-state index contributed by atoms with van der Waals surface area (Å²) < 4.78 is 5.14. The molecule has 1 N–H and O–H groups in total. The molecule has 0 aromatic carbocycles. The summed E-state index contributed by atoms with van der Waals surface area (Å²) in [7, 11) is 1.66. The van der Waals surface area contributed by atoms with E-state index in [4.69, 9.17) is 4.74 Å². The Morgan fingerprint density at radius 1 is 1.32 bits per heavy atom. The molecule has 5 nitrogen and oxygen atoms in total. The second-order valence-corrected chi connectivity index (χ2v) is 4.16. The SMILES string of the molecule is CCNc1cc(COC)nc(Cc2cccnc2)n1. The molecule has 0 saturated carbocycles. The predicted molar refractivity (Wildman–Crippen MR) is 74.0 cm³/mol. The maximum absolute atomic E-state index is 5.14. The third-order valence-corrected chi connectivity index (χ3v) is 2.56. The molecule has 0 aliphatic heterocycles. The number of hydrogen-bond donors (Lipinski definition) is 1. The lowest BCUT2D eigenvalue weighted by atomic mass is 10.2. The molecule has 0 atom stereocenters. The quantitative estimate of drug-likeness (QED) is 0.859. The summed E-state index contributed by atoms with van der Waals surface area (Å²) in [4.78, 5) is 13.1. The molecule has 2 heterocycles. The third kappa shape index (κ3) is 3.99. The van der Waals surface area contributed by atoms with Gasteiger partial charge in [0.2, 0.25) is 0 Å². The van der Waals surface area contributed by atoms with Gasteiger partial charge in [-0.1, -0.05) is 6.07 Å². The number of hydrogen-bond acceptors (Lipinski definition) is 5. The molecule has 0 unspecified atom stereocenters. The maximum atomic E-state index is 5.14. The van der Waals surface area contributed by atoms with Crippen LogP contribution in [0.2, 0.25) is 0 Å². The Morgan fingerprint density at radius 3 is 2.89 bits per heavy atom. The van der Waals surface area contributed by atoms with Crippen LogP contribution in [-0.4, -0.2) is 28.6 Å². The zero-order valence-electron chi connectivity index (χ0n) is 11.3. The summed E-state index contributed by atoms with van der Waals surface area (Å²) in [5.74, 6) is 1.61. The third-order valence-electron chi connectivity index (χ3n) is 2.56. The average molecular weight is 258 g/mol. The van der Waals surface area contributed by atoms with E-state index < -0.39 is 0 Å². The van der Waals surface area contributed by atoms with E-state index in [1.807, 2.05) is 31.3 Å². The lowest BCUT2D eigenvalue weighted by Gasteiger charge is -2.08. The molecule has 100 valence electrons. The molecule has 19 heavy (non-hydrogen) atoms. The van der Waals surface area contributed by atoms with E-state index in [1.54, 1.807) is 13.3 Å². The van der Waals surface area contributed by atoms with Crippen LogP contribution in [0.4, 0.5) is 5.82 Å². The van der Waals surface area contributed by atoms with Gasteiger partial charge >= 0.3 is 0 Å². The van der Waals surface area contributed by atoms with Gasteiger partial charge in [0, 0.05) is 38.5 Å². The smallest absolute Gasteiger partial charge is 0.135 e. The van der Waals surface area contributed by atoms with Gasteiger partial charge in [-0.2, -0.15) is 0 Å². The number of pyridine rings is 1. The van der Waals surface area contributed by atoms with Gasteiger partial charge in [0.25, 0.3) is 0 Å². The van der Waals surface area contributed by atoms with Crippen LogP contribution in [-0.2, 0) is 17.8 Å². The lowest BCUT2D eigenvalue weighted by Crippen LogP contribution is -2.07. The molecule has 5 heteroatoms. The zero-order valence-corrected chi connectivity index (χ0v) is 11.3. The van der Waals surface area contributed by atoms with E-state index in [0.29, 0.717) is 13.0 Å². The molecule has 0 bridgehead atoms. The first-order valence-electron chi connectivity index (χ1n) is 6.30. The summed E-state index contributed by atoms with van der Waals surface area (Å²) in [5, 5.41) is 3.21. The van der Waals surface area contributed by atoms with E-state index >= 15 is 0 Å². The molecule has 0 fully saturated rings. The van der Waals surface area contributed by atoms with Crippen LogP contribution in [0.5, 0.6) is 0 Å². The Balaban J connectivity index is 2.23. The van der Waals surface area contributed by atoms with Crippen LogP contribution in [0.1, 0.15) is 24.0 Å². The van der Waals surface area contributed by atoms with Gasteiger partial charge in [-0.25, -0.2) is 9.97 Å². The second-order valence-electron chi connectivity index (χ2n) is 4.16. The van der Waals surface area contributed by atoms with E-state index in [2.05, 4.69) is 20.3 Å². The first kappa shape index (κ1) is 13.4. The Hall–Kier alpha value is -2.01. The molecule has 0 aliphatic carbocycles. The molecule has 0 spiro atoms. The van der Waals surface area contributed by atoms with E-state index in [1.165, 1.54) is 0 Å². The highest BCUT2D eigenvalue weighted by Crippen LogP contribution is 2.11. The van der Waals surface area contributed by atoms with Crippen molar-refractivity contribution in [2.24, 2.45) is 0 Å². The van der Waals surface area contributed by atoms with Gasteiger partial charge in [-0.15, -0.1) is 0 Å². The minimum Gasteiger partial charge on any atom is -0.378 e. The normalized spacial score (nSPS) is 10.4. The van der Waals surface area contributed by atoms with Crippen molar-refractivity contribution in [2.75, 3.05) is 19.0 Å². The molecular formula is C14H18N4O. The fourth-order valence-electron chi connectivity index (χ4n) is 1.81. The van der Waals surface area contributed by atoms with Crippen LogP contribution in [0, 0.1) is 0 Å². The Bertz CT molecular complexity index is 492. The molecule has 2 rings (SSSR count). The van der Waals surface area contributed by atoms with Crippen LogP contribution in [0.25, 0.3) is 0 Å². The van der Waals surface area contributed by atoms with Gasteiger partial charge < -0.3 is 10.1 Å². The number of anilines is 1. The number of nitrogens with one attached hydrogen (secondary N) is 1. The van der Waals surface area contributed by atoms with Crippen LogP contribution >= 0.6 is 0 Å². The van der Waals surface area contributed by atoms with Crippen molar-refractivity contribution in [3.8, 4) is 0 Å². The van der Waals surface area contributed by atoms with Crippen molar-refractivity contribution < 1.29 is 4.74 Å². The second kappa shape index (κ2) is 6.80. The van der Waals surface area contributed by atoms with Crippen molar-refractivity contribution >= 4 is 5.82 Å². The lowest BCUT2D eigenvalue weighted by molar-refractivity contribution is 0.181. The Kier molecular flexibility index (Phi) is 4.80. The van der Waals surface area contributed by atoms with Crippen molar-refractivity contribution in [3.05, 3.63) is 47.7 Å². The van der Waals surface area contributed by atoms with E-state index in [9.17, 15) is 0 Å². The van der Waals surface area contributed by atoms with Gasteiger partial charge in [0.1, 0.15) is 11.6 Å². The fraction of sp³-hybridized carbons (Fsp3) is 0.357. The van der Waals surface area contributed by atoms with Crippen LogP contribution < -0.4 is 5.32 Å². The van der Waals surface area contributed by atoms with E-state index in [0.717, 1.165) is 29.4 Å². The van der Waals surface area contributed by atoms with Crippen molar-refractivity contribution in [1.82, 2.24) is 15.0 Å². The molecule has 2 aromatic heterocycles. The monoisotopic (exact) mass is 258 g/mol. The minimum absolute atomic E-state index is 0.487. The molecular weight excluding hydrogens is 240 g/mol. The number of ether oxygens (including phenoxy) is 1. The summed E-state index contributed by atoms with van der Waals surface area (Å²) >= 11 is 0. The van der Waals surface area contributed by atoms with Gasteiger partial charge in [0.05, 0.1) is 12.3 Å². The number of rotatable bonds is 6. The highest BCUT2D eigenvalue weighted by molar-refractivity contribution is 5.36. The van der Waals surface area contributed by atoms with Crippen molar-refractivity contribution in [1.29, 1.82) is 0 Å². The summed E-state index contributed by atoms with van der Waals surface area (Å²) in [5.41, 5.74) is 1.98. The number of methoxy groups -OCH3 is 1. The highest BCUT2D eigenvalue weighted by atomic mass is 16.5. The molecule has 2 aromatic rings. The molecule has 0 saturated heterocycles. The number of nitrogens with zero attached hydrogens (tertiary/aromatic N) is 3. The first-order valence-corrected chi connectivity index (χ1v) is 6.30. The van der Waals surface area contributed by atoms with Crippen molar-refractivity contribution in [2.45, 2.75) is 20.0 Å². The minimum atomic E-state index is 0.487. The zero-order chi connectivity index (χ0) is 13.5. The maximum Gasteiger partial charge on any atom is 0.135 e. The summed E-state index contributed by atoms with van der Waals surface area (Å²) in [6.07, 6.45) is 4.26.